The molecule has 0 aliphatic carbocycles. The van der Waals surface area contributed by atoms with Crippen molar-refractivity contribution in [1.82, 2.24) is 9.13 Å². The maximum absolute atomic E-state index is 13.7. The van der Waals surface area contributed by atoms with E-state index in [2.05, 4.69) is 0 Å². The summed E-state index contributed by atoms with van der Waals surface area (Å²) in [6.45, 7) is 4.08. The van der Waals surface area contributed by atoms with Gasteiger partial charge < -0.3 is 5.73 Å². The topological polar surface area (TPSA) is 87.1 Å². The van der Waals surface area contributed by atoms with Gasteiger partial charge in [-0.25, -0.2) is 9.18 Å². The standard InChI is InChI=1S/C17H20FN3O3S/c1-10(2)8-21-15(19)14(16(23)20(3)17(21)24)12(22)9-25-13-7-5-4-6-11(13)18/h4-7,10H,8-9,19H2,1-3H3. The molecule has 134 valence electrons. The molecular formula is C17H20FN3O3S. The number of aromatic nitrogens is 2. The molecule has 0 saturated heterocycles. The first-order valence-corrected chi connectivity index (χ1v) is 8.72. The van der Waals surface area contributed by atoms with E-state index in [4.69, 9.17) is 5.73 Å². The van der Waals surface area contributed by atoms with Gasteiger partial charge in [0, 0.05) is 18.5 Å². The average molecular weight is 365 g/mol. The summed E-state index contributed by atoms with van der Waals surface area (Å²) in [7, 11) is 1.31. The molecular weight excluding hydrogens is 345 g/mol. The highest BCUT2D eigenvalue weighted by molar-refractivity contribution is 8.00. The van der Waals surface area contributed by atoms with E-state index in [0.29, 0.717) is 11.4 Å². The number of rotatable bonds is 6. The SMILES string of the molecule is CC(C)Cn1c(N)c(C(=O)CSc2ccccc2F)c(=O)n(C)c1=O. The van der Waals surface area contributed by atoms with Gasteiger partial charge in [-0.05, 0) is 18.1 Å². The second-order valence-corrected chi connectivity index (χ2v) is 7.07. The number of ketones is 1. The summed E-state index contributed by atoms with van der Waals surface area (Å²) >= 11 is 0.982. The summed E-state index contributed by atoms with van der Waals surface area (Å²) < 4.78 is 15.8. The molecule has 0 spiro atoms. The molecule has 0 fully saturated rings. The highest BCUT2D eigenvalue weighted by Gasteiger charge is 2.22. The summed E-state index contributed by atoms with van der Waals surface area (Å²) in [6, 6.07) is 6.06. The van der Waals surface area contributed by atoms with Crippen LogP contribution >= 0.6 is 11.8 Å². The largest absolute Gasteiger partial charge is 0.384 e. The predicted octanol–water partition coefficient (Wildman–Crippen LogP) is 1.90. The second kappa shape index (κ2) is 7.69. The molecule has 0 saturated carbocycles. The van der Waals surface area contributed by atoms with Gasteiger partial charge in [0.25, 0.3) is 5.56 Å². The van der Waals surface area contributed by atoms with Crippen LogP contribution in [-0.2, 0) is 13.6 Å². The molecule has 2 aromatic rings. The van der Waals surface area contributed by atoms with Crippen molar-refractivity contribution in [2.75, 3.05) is 11.5 Å². The lowest BCUT2D eigenvalue weighted by molar-refractivity contribution is 0.102. The van der Waals surface area contributed by atoms with Gasteiger partial charge in [0.05, 0.1) is 5.75 Å². The maximum atomic E-state index is 13.7. The number of halogens is 1. The Morgan fingerprint density at radius 1 is 1.28 bits per heavy atom. The third kappa shape index (κ3) is 4.01. The number of thioether (sulfide) groups is 1. The van der Waals surface area contributed by atoms with Crippen LogP contribution in [0.5, 0.6) is 0 Å². The number of nitrogens with zero attached hydrogens (tertiary/aromatic N) is 2. The molecule has 0 amide bonds. The molecule has 0 bridgehead atoms. The Hall–Kier alpha value is -2.35. The van der Waals surface area contributed by atoms with E-state index in [9.17, 15) is 18.8 Å². The van der Waals surface area contributed by atoms with Gasteiger partial charge in [-0.2, -0.15) is 0 Å². The number of hydrogen-bond acceptors (Lipinski definition) is 5. The summed E-state index contributed by atoms with van der Waals surface area (Å²) in [6.07, 6.45) is 0. The van der Waals surface area contributed by atoms with Crippen LogP contribution in [0, 0.1) is 11.7 Å². The molecule has 0 radical (unpaired) electrons. The van der Waals surface area contributed by atoms with Crippen molar-refractivity contribution < 1.29 is 9.18 Å². The Morgan fingerprint density at radius 2 is 1.92 bits per heavy atom. The molecule has 1 aromatic heterocycles. The molecule has 1 heterocycles. The summed E-state index contributed by atoms with van der Waals surface area (Å²) in [5, 5.41) is 0. The van der Waals surface area contributed by atoms with Crippen molar-refractivity contribution in [2.45, 2.75) is 25.3 Å². The fourth-order valence-electron chi connectivity index (χ4n) is 2.36. The average Bonchev–Trinajstić information content (AvgIpc) is 2.56. The molecule has 1 aromatic carbocycles. The van der Waals surface area contributed by atoms with Gasteiger partial charge in [0.2, 0.25) is 0 Å². The lowest BCUT2D eigenvalue weighted by atomic mass is 10.2. The minimum absolute atomic E-state index is 0.105. The van der Waals surface area contributed by atoms with Gasteiger partial charge >= 0.3 is 5.69 Å². The Labute approximate surface area is 148 Å². The number of nitrogen functional groups attached to an aromatic ring is 1. The van der Waals surface area contributed by atoms with E-state index in [1.807, 2.05) is 13.8 Å². The molecule has 8 heteroatoms. The smallest absolute Gasteiger partial charge is 0.332 e. The minimum atomic E-state index is -0.735. The van der Waals surface area contributed by atoms with Crippen molar-refractivity contribution in [3.63, 3.8) is 0 Å². The number of hydrogen-bond donors (Lipinski definition) is 1. The first-order valence-electron chi connectivity index (χ1n) is 7.73. The van der Waals surface area contributed by atoms with E-state index in [-0.39, 0.29) is 23.1 Å². The van der Waals surface area contributed by atoms with Crippen LogP contribution in [0.4, 0.5) is 10.2 Å². The van der Waals surface area contributed by atoms with Crippen molar-refractivity contribution in [3.05, 3.63) is 56.5 Å². The number of carbonyl (C=O) groups excluding carboxylic acids is 1. The van der Waals surface area contributed by atoms with E-state index >= 15 is 0 Å². The van der Waals surface area contributed by atoms with E-state index in [0.717, 1.165) is 16.3 Å². The molecule has 0 unspecified atom stereocenters. The fourth-order valence-corrected chi connectivity index (χ4v) is 3.18. The zero-order chi connectivity index (χ0) is 18.7. The number of carbonyl (C=O) groups is 1. The van der Waals surface area contributed by atoms with Crippen LogP contribution in [0.3, 0.4) is 0 Å². The van der Waals surface area contributed by atoms with Gasteiger partial charge in [-0.1, -0.05) is 26.0 Å². The van der Waals surface area contributed by atoms with Crippen LogP contribution in [0.2, 0.25) is 0 Å². The van der Waals surface area contributed by atoms with Crippen molar-refractivity contribution in [3.8, 4) is 0 Å². The zero-order valence-corrected chi connectivity index (χ0v) is 15.1. The molecule has 0 aliphatic heterocycles. The summed E-state index contributed by atoms with van der Waals surface area (Å²) in [4.78, 5) is 37.4. The summed E-state index contributed by atoms with van der Waals surface area (Å²) in [5.74, 6) is -1.16. The highest BCUT2D eigenvalue weighted by atomic mass is 32.2. The Balaban J connectivity index is 2.39. The Morgan fingerprint density at radius 3 is 2.52 bits per heavy atom. The van der Waals surface area contributed by atoms with Crippen LogP contribution in [0.25, 0.3) is 0 Å². The normalized spacial score (nSPS) is 11.1. The first kappa shape index (κ1) is 19.0. The van der Waals surface area contributed by atoms with Gasteiger partial charge in [-0.3, -0.25) is 18.7 Å². The molecule has 25 heavy (non-hydrogen) atoms. The lowest BCUT2D eigenvalue weighted by Crippen LogP contribution is -2.43. The lowest BCUT2D eigenvalue weighted by Gasteiger charge is -2.16. The molecule has 2 rings (SSSR count). The number of benzene rings is 1. The molecule has 0 aliphatic rings. The van der Waals surface area contributed by atoms with Crippen LogP contribution < -0.4 is 17.0 Å². The fraction of sp³-hybridized carbons (Fsp3) is 0.353. The van der Waals surface area contributed by atoms with Gasteiger partial charge in [0.15, 0.2) is 5.78 Å². The summed E-state index contributed by atoms with van der Waals surface area (Å²) in [5.41, 5.74) is 4.42. The zero-order valence-electron chi connectivity index (χ0n) is 14.3. The second-order valence-electron chi connectivity index (χ2n) is 6.05. The van der Waals surface area contributed by atoms with Gasteiger partial charge in [-0.15, -0.1) is 11.8 Å². The van der Waals surface area contributed by atoms with Crippen LogP contribution in [0.1, 0.15) is 24.2 Å². The van der Waals surface area contributed by atoms with Crippen molar-refractivity contribution in [2.24, 2.45) is 13.0 Å². The van der Waals surface area contributed by atoms with Gasteiger partial charge in [0.1, 0.15) is 17.2 Å². The number of nitrogens with two attached hydrogens (primary N) is 1. The van der Waals surface area contributed by atoms with Crippen LogP contribution in [-0.4, -0.2) is 20.7 Å². The molecule has 2 N–H and O–H groups in total. The monoisotopic (exact) mass is 365 g/mol. The highest BCUT2D eigenvalue weighted by Crippen LogP contribution is 2.22. The van der Waals surface area contributed by atoms with E-state index in [1.54, 1.807) is 18.2 Å². The molecule has 0 atom stereocenters. The number of Topliss-reactive ketones (excluding diaryl/α,β-unsaturated/α-hetero) is 1. The van der Waals surface area contributed by atoms with E-state index < -0.39 is 22.8 Å². The van der Waals surface area contributed by atoms with Crippen molar-refractivity contribution in [1.29, 1.82) is 0 Å². The maximum Gasteiger partial charge on any atom is 0.332 e. The van der Waals surface area contributed by atoms with Crippen molar-refractivity contribution >= 4 is 23.4 Å². The predicted molar refractivity (Wildman–Crippen MR) is 96.6 cm³/mol. The minimum Gasteiger partial charge on any atom is -0.384 e. The Bertz CT molecular complexity index is 918. The number of anilines is 1. The van der Waals surface area contributed by atoms with Crippen LogP contribution in [0.15, 0.2) is 38.8 Å². The third-order valence-corrected chi connectivity index (χ3v) is 4.65. The Kier molecular flexibility index (Phi) is 5.84. The third-order valence-electron chi connectivity index (χ3n) is 3.61. The van der Waals surface area contributed by atoms with E-state index in [1.165, 1.54) is 17.7 Å². The first-order chi connectivity index (χ1) is 11.7. The molecule has 6 nitrogen and oxygen atoms in total. The quantitative estimate of drug-likeness (QED) is 0.624.